The molecule has 0 bridgehead atoms. The van der Waals surface area contributed by atoms with E-state index < -0.39 is 0 Å². The van der Waals surface area contributed by atoms with Crippen LogP contribution in [0.5, 0.6) is 0 Å². The largest absolute Gasteiger partial charge is 0.367 e. The molecule has 1 saturated heterocycles. The Balaban J connectivity index is 1.55. The zero-order chi connectivity index (χ0) is 14.7. The summed E-state index contributed by atoms with van der Waals surface area (Å²) in [5.74, 6) is 0.991. The second kappa shape index (κ2) is 6.58. The highest BCUT2D eigenvalue weighted by molar-refractivity contribution is 5.78. The van der Waals surface area contributed by atoms with Gasteiger partial charge in [0.15, 0.2) is 0 Å². The van der Waals surface area contributed by atoms with Gasteiger partial charge in [-0.2, -0.15) is 0 Å². The van der Waals surface area contributed by atoms with Crippen LogP contribution in [-0.4, -0.2) is 43.1 Å². The Morgan fingerprint density at radius 1 is 1.29 bits per heavy atom. The molecule has 1 aliphatic carbocycles. The Morgan fingerprint density at radius 3 is 2.76 bits per heavy atom. The molecular weight excluding hydrogens is 264 g/mol. The zero-order valence-corrected chi connectivity index (χ0v) is 12.6. The third-order valence-corrected chi connectivity index (χ3v) is 4.19. The van der Waals surface area contributed by atoms with Gasteiger partial charge in [0.25, 0.3) is 0 Å². The van der Waals surface area contributed by atoms with E-state index in [1.807, 2.05) is 30.0 Å². The summed E-state index contributed by atoms with van der Waals surface area (Å²) in [6.45, 7) is 4.80. The minimum atomic E-state index is -0.0117. The molecule has 0 spiro atoms. The van der Waals surface area contributed by atoms with Crippen LogP contribution >= 0.6 is 0 Å². The smallest absolute Gasteiger partial charge is 0.236 e. The van der Waals surface area contributed by atoms with Gasteiger partial charge in [-0.25, -0.2) is 0 Å². The summed E-state index contributed by atoms with van der Waals surface area (Å²) in [7, 11) is 0. The number of amides is 1. The average Bonchev–Trinajstić information content (AvgIpc) is 3.31. The molecule has 2 unspecified atom stereocenters. The summed E-state index contributed by atoms with van der Waals surface area (Å²) >= 11 is 0. The van der Waals surface area contributed by atoms with Gasteiger partial charge in [-0.1, -0.05) is 30.3 Å². The second-order valence-corrected chi connectivity index (χ2v) is 6.22. The number of hydrogen-bond donors (Lipinski definition) is 1. The van der Waals surface area contributed by atoms with E-state index in [4.69, 9.17) is 4.74 Å². The summed E-state index contributed by atoms with van der Waals surface area (Å²) in [6.07, 6.45) is 2.69. The van der Waals surface area contributed by atoms with Gasteiger partial charge in [0.05, 0.1) is 19.2 Å². The predicted octanol–water partition coefficient (Wildman–Crippen LogP) is 1.97. The van der Waals surface area contributed by atoms with Crippen molar-refractivity contribution in [1.82, 2.24) is 10.2 Å². The molecule has 1 aromatic carbocycles. The summed E-state index contributed by atoms with van der Waals surface area (Å²) in [5.41, 5.74) is 1.15. The molecule has 1 N–H and O–H groups in total. The van der Waals surface area contributed by atoms with Crippen molar-refractivity contribution in [2.45, 2.75) is 32.0 Å². The minimum absolute atomic E-state index is 0.0117. The van der Waals surface area contributed by atoms with Crippen LogP contribution in [0.4, 0.5) is 0 Å². The lowest BCUT2D eigenvalue weighted by Crippen LogP contribution is -2.48. The number of ether oxygens (including phenoxy) is 1. The maximum atomic E-state index is 12.3. The molecule has 0 radical (unpaired) electrons. The first-order chi connectivity index (χ1) is 10.2. The predicted molar refractivity (Wildman–Crippen MR) is 81.9 cm³/mol. The van der Waals surface area contributed by atoms with Crippen molar-refractivity contribution in [3.63, 3.8) is 0 Å². The molecule has 21 heavy (non-hydrogen) atoms. The number of nitrogens with zero attached hydrogens (tertiary/aromatic N) is 1. The molecule has 2 atom stereocenters. The van der Waals surface area contributed by atoms with Crippen LogP contribution in [0.25, 0.3) is 0 Å². The highest BCUT2D eigenvalue weighted by Crippen LogP contribution is 2.27. The highest BCUT2D eigenvalue weighted by Gasteiger charge is 2.29. The van der Waals surface area contributed by atoms with Crippen LogP contribution in [0.3, 0.4) is 0 Å². The van der Waals surface area contributed by atoms with Crippen molar-refractivity contribution < 1.29 is 9.53 Å². The summed E-state index contributed by atoms with van der Waals surface area (Å²) in [6, 6.07) is 10.2. The van der Waals surface area contributed by atoms with Crippen LogP contribution < -0.4 is 5.32 Å². The van der Waals surface area contributed by atoms with E-state index in [2.05, 4.69) is 17.4 Å². The van der Waals surface area contributed by atoms with Gasteiger partial charge in [0, 0.05) is 6.54 Å². The number of morpholine rings is 1. The van der Waals surface area contributed by atoms with Gasteiger partial charge in [0.1, 0.15) is 6.10 Å². The van der Waals surface area contributed by atoms with Crippen LogP contribution in [-0.2, 0) is 9.53 Å². The average molecular weight is 288 g/mol. The normalized spacial score (nSPS) is 25.9. The fraction of sp³-hybridized carbons (Fsp3) is 0.588. The molecule has 114 valence electrons. The van der Waals surface area contributed by atoms with E-state index in [-0.39, 0.29) is 18.1 Å². The Bertz CT molecular complexity index is 473. The Morgan fingerprint density at radius 2 is 2.05 bits per heavy atom. The SMILES string of the molecule is CC1CN(C(=O)CNCC2CC2)CC(c2ccccc2)O1. The molecule has 2 fully saturated rings. The molecule has 4 nitrogen and oxygen atoms in total. The molecule has 1 heterocycles. The molecule has 1 amide bonds. The lowest BCUT2D eigenvalue weighted by Gasteiger charge is -2.37. The molecular formula is C17H24N2O2. The number of carbonyl (C=O) groups excluding carboxylic acids is 1. The number of hydrogen-bond acceptors (Lipinski definition) is 3. The molecule has 2 aliphatic rings. The monoisotopic (exact) mass is 288 g/mol. The van der Waals surface area contributed by atoms with E-state index in [9.17, 15) is 4.79 Å². The van der Waals surface area contributed by atoms with Crippen molar-refractivity contribution in [3.05, 3.63) is 35.9 Å². The first-order valence-corrected chi connectivity index (χ1v) is 7.91. The maximum absolute atomic E-state index is 12.3. The van der Waals surface area contributed by atoms with Crippen molar-refractivity contribution in [2.24, 2.45) is 5.92 Å². The van der Waals surface area contributed by atoms with Crippen molar-refractivity contribution >= 4 is 5.91 Å². The third-order valence-electron chi connectivity index (χ3n) is 4.19. The molecule has 4 heteroatoms. The van der Waals surface area contributed by atoms with Gasteiger partial charge < -0.3 is 15.0 Å². The maximum Gasteiger partial charge on any atom is 0.236 e. The number of benzene rings is 1. The molecule has 0 aromatic heterocycles. The van der Waals surface area contributed by atoms with E-state index in [0.29, 0.717) is 19.6 Å². The summed E-state index contributed by atoms with van der Waals surface area (Å²) < 4.78 is 5.99. The van der Waals surface area contributed by atoms with Crippen molar-refractivity contribution in [1.29, 1.82) is 0 Å². The fourth-order valence-electron chi connectivity index (χ4n) is 2.82. The van der Waals surface area contributed by atoms with Gasteiger partial charge in [0.2, 0.25) is 5.91 Å². The first-order valence-electron chi connectivity index (χ1n) is 7.91. The van der Waals surface area contributed by atoms with Crippen molar-refractivity contribution in [2.75, 3.05) is 26.2 Å². The molecule has 1 aromatic rings. The third kappa shape index (κ3) is 4.05. The van der Waals surface area contributed by atoms with Gasteiger partial charge in [-0.3, -0.25) is 4.79 Å². The Kier molecular flexibility index (Phi) is 4.56. The lowest BCUT2D eigenvalue weighted by atomic mass is 10.1. The van der Waals surface area contributed by atoms with Crippen LogP contribution in [0.15, 0.2) is 30.3 Å². The Hall–Kier alpha value is -1.39. The van der Waals surface area contributed by atoms with Crippen LogP contribution in [0.1, 0.15) is 31.4 Å². The van der Waals surface area contributed by atoms with Gasteiger partial charge >= 0.3 is 0 Å². The van der Waals surface area contributed by atoms with E-state index in [0.717, 1.165) is 18.0 Å². The lowest BCUT2D eigenvalue weighted by molar-refractivity contribution is -0.143. The second-order valence-electron chi connectivity index (χ2n) is 6.22. The number of rotatable bonds is 5. The first kappa shape index (κ1) is 14.5. The standard InChI is InChI=1S/C17H24N2O2/c1-13-11-19(17(20)10-18-9-14-7-8-14)12-16(21-13)15-5-3-2-4-6-15/h2-6,13-14,16,18H,7-12H2,1H3. The van der Waals surface area contributed by atoms with E-state index in [1.165, 1.54) is 12.8 Å². The molecule has 3 rings (SSSR count). The van der Waals surface area contributed by atoms with Crippen molar-refractivity contribution in [3.8, 4) is 0 Å². The summed E-state index contributed by atoms with van der Waals surface area (Å²) in [5, 5.41) is 3.28. The Labute approximate surface area is 126 Å². The van der Waals surface area contributed by atoms with Crippen LogP contribution in [0.2, 0.25) is 0 Å². The fourth-order valence-corrected chi connectivity index (χ4v) is 2.82. The minimum Gasteiger partial charge on any atom is -0.367 e. The number of carbonyl (C=O) groups is 1. The van der Waals surface area contributed by atoms with E-state index >= 15 is 0 Å². The van der Waals surface area contributed by atoms with Gasteiger partial charge in [-0.05, 0) is 37.8 Å². The topological polar surface area (TPSA) is 41.6 Å². The van der Waals surface area contributed by atoms with E-state index in [1.54, 1.807) is 0 Å². The van der Waals surface area contributed by atoms with Crippen LogP contribution in [0, 0.1) is 5.92 Å². The summed E-state index contributed by atoms with van der Waals surface area (Å²) in [4.78, 5) is 14.3. The van der Waals surface area contributed by atoms with Gasteiger partial charge in [-0.15, -0.1) is 0 Å². The quantitative estimate of drug-likeness (QED) is 0.901. The highest BCUT2D eigenvalue weighted by atomic mass is 16.5. The molecule has 1 aliphatic heterocycles. The number of nitrogens with one attached hydrogen (secondary N) is 1. The zero-order valence-electron chi connectivity index (χ0n) is 12.6. The molecule has 1 saturated carbocycles.